The van der Waals surface area contributed by atoms with Crippen LogP contribution in [0.25, 0.3) is 0 Å². The van der Waals surface area contributed by atoms with Crippen LogP contribution in [-0.2, 0) is 0 Å². The van der Waals surface area contributed by atoms with Gasteiger partial charge < -0.3 is 5.32 Å². The van der Waals surface area contributed by atoms with E-state index in [9.17, 15) is 10.1 Å². The SMILES string of the molecule is CC(C)(C)NCC1([N+](=O)[O-])CN(C(C)(C)C)CN(C(C)(C)C)C1. The molecule has 0 aromatic rings. The van der Waals surface area contributed by atoms with Gasteiger partial charge in [0.25, 0.3) is 5.54 Å². The van der Waals surface area contributed by atoms with E-state index in [1.807, 2.05) is 20.8 Å². The predicted molar refractivity (Wildman–Crippen MR) is 95.3 cm³/mol. The molecule has 6 heteroatoms. The van der Waals surface area contributed by atoms with Crippen LogP contribution in [0.4, 0.5) is 0 Å². The van der Waals surface area contributed by atoms with E-state index in [1.54, 1.807) is 0 Å². The van der Waals surface area contributed by atoms with Gasteiger partial charge in [-0.15, -0.1) is 0 Å². The first-order valence-corrected chi connectivity index (χ1v) is 8.47. The van der Waals surface area contributed by atoms with Crippen molar-refractivity contribution in [2.24, 2.45) is 0 Å². The van der Waals surface area contributed by atoms with Crippen LogP contribution in [0.1, 0.15) is 62.3 Å². The van der Waals surface area contributed by atoms with Gasteiger partial charge in [-0.3, -0.25) is 19.9 Å². The number of hydrogen-bond acceptors (Lipinski definition) is 5. The van der Waals surface area contributed by atoms with Crippen LogP contribution in [0, 0.1) is 10.1 Å². The standard InChI is InChI=1S/C17H36N4O2/c1-14(2,3)18-10-17(21(22)23)11-19(15(4,5)6)13-20(12-17)16(7,8)9/h18H,10-13H2,1-9H3. The highest BCUT2D eigenvalue weighted by atomic mass is 16.6. The molecule has 1 fully saturated rings. The molecule has 0 saturated carbocycles. The van der Waals surface area contributed by atoms with Crippen molar-refractivity contribution in [2.45, 2.75) is 84.5 Å². The molecule has 0 atom stereocenters. The number of hydrogen-bond donors (Lipinski definition) is 1. The molecule has 1 heterocycles. The Morgan fingerprint density at radius 3 is 1.61 bits per heavy atom. The predicted octanol–water partition coefficient (Wildman–Crippen LogP) is 2.56. The molecule has 0 bridgehead atoms. The third-order valence-electron chi connectivity index (χ3n) is 4.54. The average Bonchev–Trinajstić information content (AvgIpc) is 2.32. The molecule has 1 saturated heterocycles. The maximum Gasteiger partial charge on any atom is 0.259 e. The van der Waals surface area contributed by atoms with Gasteiger partial charge in [-0.1, -0.05) is 0 Å². The van der Waals surface area contributed by atoms with E-state index in [1.165, 1.54) is 0 Å². The van der Waals surface area contributed by atoms with Crippen molar-refractivity contribution in [2.75, 3.05) is 26.3 Å². The zero-order chi connectivity index (χ0) is 18.3. The van der Waals surface area contributed by atoms with Crippen LogP contribution in [0.5, 0.6) is 0 Å². The molecular weight excluding hydrogens is 292 g/mol. The smallest absolute Gasteiger partial charge is 0.259 e. The van der Waals surface area contributed by atoms with Crippen LogP contribution in [0.3, 0.4) is 0 Å². The van der Waals surface area contributed by atoms with Crippen LogP contribution >= 0.6 is 0 Å². The Balaban J connectivity index is 3.17. The van der Waals surface area contributed by atoms with E-state index >= 15 is 0 Å². The van der Waals surface area contributed by atoms with Crippen molar-refractivity contribution in [3.63, 3.8) is 0 Å². The maximum atomic E-state index is 12.1. The molecular formula is C17H36N4O2. The topological polar surface area (TPSA) is 61.7 Å². The second-order valence-corrected chi connectivity index (χ2v) is 9.96. The molecule has 0 spiro atoms. The minimum absolute atomic E-state index is 0.0671. The van der Waals surface area contributed by atoms with Crippen molar-refractivity contribution in [1.82, 2.24) is 15.1 Å². The van der Waals surface area contributed by atoms with Crippen molar-refractivity contribution in [3.8, 4) is 0 Å². The van der Waals surface area contributed by atoms with E-state index in [2.05, 4.69) is 56.7 Å². The fourth-order valence-electron chi connectivity index (χ4n) is 2.69. The van der Waals surface area contributed by atoms with Gasteiger partial charge >= 0.3 is 0 Å². The number of rotatable bonds is 3. The highest BCUT2D eigenvalue weighted by Crippen LogP contribution is 2.30. The summed E-state index contributed by atoms with van der Waals surface area (Å²) in [4.78, 5) is 16.4. The first kappa shape index (κ1) is 20.3. The van der Waals surface area contributed by atoms with E-state index in [0.717, 1.165) is 6.67 Å². The van der Waals surface area contributed by atoms with Gasteiger partial charge in [-0.25, -0.2) is 0 Å². The van der Waals surface area contributed by atoms with Crippen molar-refractivity contribution in [1.29, 1.82) is 0 Å². The fourth-order valence-corrected chi connectivity index (χ4v) is 2.69. The molecule has 6 nitrogen and oxygen atoms in total. The summed E-state index contributed by atoms with van der Waals surface area (Å²) < 4.78 is 0. The lowest BCUT2D eigenvalue weighted by Crippen LogP contribution is -2.72. The second kappa shape index (κ2) is 6.30. The first-order chi connectivity index (χ1) is 10.1. The van der Waals surface area contributed by atoms with E-state index in [-0.39, 0.29) is 21.5 Å². The molecule has 0 aromatic carbocycles. The minimum atomic E-state index is -0.994. The van der Waals surface area contributed by atoms with Crippen LogP contribution in [-0.4, -0.2) is 63.2 Å². The number of nitrogens with one attached hydrogen (secondary N) is 1. The van der Waals surface area contributed by atoms with Gasteiger partial charge in [0.15, 0.2) is 0 Å². The van der Waals surface area contributed by atoms with Gasteiger partial charge in [0.1, 0.15) is 0 Å². The van der Waals surface area contributed by atoms with Crippen molar-refractivity contribution in [3.05, 3.63) is 10.1 Å². The summed E-state index contributed by atoms with van der Waals surface area (Å²) in [5.74, 6) is 0. The summed E-state index contributed by atoms with van der Waals surface area (Å²) in [6.45, 7) is 21.0. The highest BCUT2D eigenvalue weighted by molar-refractivity contribution is 4.99. The van der Waals surface area contributed by atoms with E-state index in [0.29, 0.717) is 19.6 Å². The van der Waals surface area contributed by atoms with E-state index in [4.69, 9.17) is 0 Å². The summed E-state index contributed by atoms with van der Waals surface area (Å²) in [6.07, 6.45) is 0. The summed E-state index contributed by atoms with van der Waals surface area (Å²) >= 11 is 0. The third kappa shape index (κ3) is 5.40. The second-order valence-electron chi connectivity index (χ2n) is 9.96. The summed E-state index contributed by atoms with van der Waals surface area (Å²) in [6, 6.07) is 0. The molecule has 1 aliphatic rings. The Labute approximate surface area is 141 Å². The Bertz CT molecular complexity index is 407. The van der Waals surface area contributed by atoms with E-state index < -0.39 is 5.54 Å². The summed E-state index contributed by atoms with van der Waals surface area (Å²) in [7, 11) is 0. The lowest BCUT2D eigenvalue weighted by atomic mass is 9.89. The molecule has 0 amide bonds. The Kier molecular flexibility index (Phi) is 5.56. The molecule has 23 heavy (non-hydrogen) atoms. The lowest BCUT2D eigenvalue weighted by Gasteiger charge is -2.52. The highest BCUT2D eigenvalue weighted by Gasteiger charge is 2.53. The first-order valence-electron chi connectivity index (χ1n) is 8.47. The molecule has 1 aliphatic heterocycles. The molecule has 1 rings (SSSR count). The van der Waals surface area contributed by atoms with Crippen molar-refractivity contribution < 1.29 is 4.92 Å². The molecule has 0 aliphatic carbocycles. The molecule has 0 unspecified atom stereocenters. The Morgan fingerprint density at radius 2 is 1.35 bits per heavy atom. The Morgan fingerprint density at radius 1 is 0.957 bits per heavy atom. The third-order valence-corrected chi connectivity index (χ3v) is 4.54. The van der Waals surface area contributed by atoms with Gasteiger partial charge in [-0.2, -0.15) is 0 Å². The Hall–Kier alpha value is -0.720. The quantitative estimate of drug-likeness (QED) is 0.637. The number of nitrogens with zero attached hydrogens (tertiary/aromatic N) is 3. The van der Waals surface area contributed by atoms with Crippen LogP contribution in [0.2, 0.25) is 0 Å². The normalized spacial score (nSPS) is 21.4. The zero-order valence-corrected chi connectivity index (χ0v) is 16.5. The molecule has 0 radical (unpaired) electrons. The lowest BCUT2D eigenvalue weighted by molar-refractivity contribution is -0.575. The summed E-state index contributed by atoms with van der Waals surface area (Å²) in [5.41, 5.74) is -1.34. The fraction of sp³-hybridized carbons (Fsp3) is 1.00. The molecule has 1 N–H and O–H groups in total. The zero-order valence-electron chi connectivity index (χ0n) is 16.5. The average molecular weight is 329 g/mol. The van der Waals surface area contributed by atoms with Gasteiger partial charge in [-0.05, 0) is 62.3 Å². The van der Waals surface area contributed by atoms with Gasteiger partial charge in [0.05, 0.1) is 26.3 Å². The summed E-state index contributed by atoms with van der Waals surface area (Å²) in [5, 5.41) is 15.4. The monoisotopic (exact) mass is 328 g/mol. The molecule has 136 valence electrons. The largest absolute Gasteiger partial charge is 0.305 e. The minimum Gasteiger partial charge on any atom is -0.305 e. The van der Waals surface area contributed by atoms with Crippen LogP contribution < -0.4 is 5.32 Å². The number of nitro groups is 1. The van der Waals surface area contributed by atoms with Crippen molar-refractivity contribution >= 4 is 0 Å². The van der Waals surface area contributed by atoms with Gasteiger partial charge in [0, 0.05) is 21.5 Å². The maximum absolute atomic E-state index is 12.1. The van der Waals surface area contributed by atoms with Gasteiger partial charge in [0.2, 0.25) is 0 Å². The van der Waals surface area contributed by atoms with Crippen LogP contribution in [0.15, 0.2) is 0 Å². The molecule has 0 aromatic heterocycles.